The number of amides is 1. The van der Waals surface area contributed by atoms with Crippen LogP contribution < -0.4 is 5.56 Å². The van der Waals surface area contributed by atoms with E-state index < -0.39 is 0 Å². The highest BCUT2D eigenvalue weighted by molar-refractivity contribution is 8.00. The lowest BCUT2D eigenvalue weighted by Crippen LogP contribution is -2.35. The number of rotatable bonds is 6. The fourth-order valence-electron chi connectivity index (χ4n) is 3.02. The van der Waals surface area contributed by atoms with Crippen molar-refractivity contribution in [2.24, 2.45) is 0 Å². The van der Waals surface area contributed by atoms with Crippen LogP contribution in [0.2, 0.25) is 0 Å². The number of nitrogens with zero attached hydrogens (tertiary/aromatic N) is 3. The van der Waals surface area contributed by atoms with Crippen LogP contribution in [0.1, 0.15) is 19.8 Å². The number of hydrogen-bond acceptors (Lipinski definition) is 5. The Morgan fingerprint density at radius 1 is 1.32 bits per heavy atom. The van der Waals surface area contributed by atoms with E-state index in [0.717, 1.165) is 25.9 Å². The van der Waals surface area contributed by atoms with E-state index in [1.54, 1.807) is 17.7 Å². The maximum Gasteiger partial charge on any atom is 0.262 e. The zero-order valence-corrected chi connectivity index (χ0v) is 15.4. The summed E-state index contributed by atoms with van der Waals surface area (Å²) in [5.74, 6) is 0.114. The molecule has 7 heteroatoms. The van der Waals surface area contributed by atoms with Gasteiger partial charge in [0.05, 0.1) is 29.3 Å². The van der Waals surface area contributed by atoms with Gasteiger partial charge in [-0.2, -0.15) is 0 Å². The number of fused-ring (bicyclic) bond motifs is 1. The van der Waals surface area contributed by atoms with Crippen LogP contribution in [0.5, 0.6) is 0 Å². The van der Waals surface area contributed by atoms with Crippen LogP contribution in [-0.4, -0.2) is 52.4 Å². The van der Waals surface area contributed by atoms with Gasteiger partial charge in [0.15, 0.2) is 5.16 Å². The monoisotopic (exact) mass is 361 g/mol. The maximum absolute atomic E-state index is 12.8. The minimum Gasteiger partial charge on any atom is -0.383 e. The Bertz CT molecular complexity index is 815. The molecule has 1 amide bonds. The van der Waals surface area contributed by atoms with Crippen molar-refractivity contribution in [2.75, 3.05) is 26.8 Å². The first-order chi connectivity index (χ1) is 12.1. The smallest absolute Gasteiger partial charge is 0.262 e. The minimum atomic E-state index is -0.278. The van der Waals surface area contributed by atoms with Gasteiger partial charge in [-0.1, -0.05) is 23.9 Å². The third kappa shape index (κ3) is 3.88. The van der Waals surface area contributed by atoms with E-state index in [2.05, 4.69) is 4.98 Å². The summed E-state index contributed by atoms with van der Waals surface area (Å²) in [7, 11) is 1.60. The van der Waals surface area contributed by atoms with Gasteiger partial charge in [-0.15, -0.1) is 0 Å². The van der Waals surface area contributed by atoms with Gasteiger partial charge in [0.25, 0.3) is 5.56 Å². The Labute approximate surface area is 151 Å². The first kappa shape index (κ1) is 17.9. The molecule has 1 aliphatic rings. The molecule has 25 heavy (non-hydrogen) atoms. The lowest BCUT2D eigenvalue weighted by Gasteiger charge is -2.21. The van der Waals surface area contributed by atoms with Crippen molar-refractivity contribution in [1.29, 1.82) is 0 Å². The van der Waals surface area contributed by atoms with Gasteiger partial charge in [0.1, 0.15) is 0 Å². The molecule has 1 saturated heterocycles. The van der Waals surface area contributed by atoms with Gasteiger partial charge in [0.2, 0.25) is 5.91 Å². The highest BCUT2D eigenvalue weighted by Crippen LogP contribution is 2.25. The van der Waals surface area contributed by atoms with Gasteiger partial charge < -0.3 is 9.64 Å². The molecule has 1 aromatic heterocycles. The summed E-state index contributed by atoms with van der Waals surface area (Å²) in [6, 6.07) is 7.30. The molecule has 1 atom stereocenters. The summed E-state index contributed by atoms with van der Waals surface area (Å²) < 4.78 is 6.74. The topological polar surface area (TPSA) is 64.4 Å². The van der Waals surface area contributed by atoms with E-state index in [-0.39, 0.29) is 16.7 Å². The first-order valence-electron chi connectivity index (χ1n) is 8.56. The van der Waals surface area contributed by atoms with Crippen LogP contribution in [0, 0.1) is 0 Å². The van der Waals surface area contributed by atoms with E-state index in [1.807, 2.05) is 30.0 Å². The predicted octanol–water partition coefficient (Wildman–Crippen LogP) is 2.15. The quantitative estimate of drug-likeness (QED) is 0.583. The highest BCUT2D eigenvalue weighted by Gasteiger charge is 2.25. The van der Waals surface area contributed by atoms with E-state index >= 15 is 0 Å². The molecule has 0 N–H and O–H groups in total. The van der Waals surface area contributed by atoms with E-state index in [9.17, 15) is 9.59 Å². The second-order valence-corrected chi connectivity index (χ2v) is 7.46. The van der Waals surface area contributed by atoms with Crippen molar-refractivity contribution in [3.05, 3.63) is 34.6 Å². The molecule has 1 aromatic carbocycles. The number of aromatic nitrogens is 2. The third-order valence-electron chi connectivity index (χ3n) is 4.39. The van der Waals surface area contributed by atoms with Gasteiger partial charge >= 0.3 is 0 Å². The second kappa shape index (κ2) is 8.01. The third-order valence-corrected chi connectivity index (χ3v) is 5.47. The van der Waals surface area contributed by atoms with Crippen LogP contribution >= 0.6 is 11.8 Å². The minimum absolute atomic E-state index is 0.0917. The molecule has 2 aromatic rings. The highest BCUT2D eigenvalue weighted by atomic mass is 32.2. The number of para-hydroxylation sites is 1. The molecule has 2 heterocycles. The van der Waals surface area contributed by atoms with Crippen LogP contribution in [0.25, 0.3) is 10.9 Å². The number of ether oxygens (including phenoxy) is 1. The van der Waals surface area contributed by atoms with Crippen LogP contribution in [0.4, 0.5) is 0 Å². The lowest BCUT2D eigenvalue weighted by molar-refractivity contribution is -0.129. The van der Waals surface area contributed by atoms with E-state index in [0.29, 0.717) is 29.2 Å². The number of thioether (sulfide) groups is 1. The molecule has 1 unspecified atom stereocenters. The van der Waals surface area contributed by atoms with Crippen molar-refractivity contribution in [3.8, 4) is 0 Å². The first-order valence-corrected chi connectivity index (χ1v) is 9.43. The van der Waals surface area contributed by atoms with Crippen LogP contribution in [-0.2, 0) is 16.1 Å². The van der Waals surface area contributed by atoms with Crippen molar-refractivity contribution in [1.82, 2.24) is 14.5 Å². The lowest BCUT2D eigenvalue weighted by atomic mass is 10.2. The number of carbonyl (C=O) groups is 1. The zero-order valence-electron chi connectivity index (χ0n) is 14.6. The molecule has 0 saturated carbocycles. The summed E-state index contributed by atoms with van der Waals surface area (Å²) in [4.78, 5) is 31.9. The van der Waals surface area contributed by atoms with Gasteiger partial charge in [-0.05, 0) is 31.9 Å². The van der Waals surface area contributed by atoms with Gasteiger partial charge in [0, 0.05) is 20.2 Å². The van der Waals surface area contributed by atoms with Crippen molar-refractivity contribution in [3.63, 3.8) is 0 Å². The SMILES string of the molecule is COCCn1c(SC(C)C(=O)N2CCCC2)nc2ccccc2c1=O. The molecule has 0 aliphatic carbocycles. The molecular weight excluding hydrogens is 338 g/mol. The fraction of sp³-hybridized carbons (Fsp3) is 0.500. The Balaban J connectivity index is 1.92. The normalized spacial score (nSPS) is 15.7. The van der Waals surface area contributed by atoms with Gasteiger partial charge in [-0.25, -0.2) is 4.98 Å². The van der Waals surface area contributed by atoms with Gasteiger partial charge in [-0.3, -0.25) is 14.2 Å². The number of likely N-dealkylation sites (tertiary alicyclic amines) is 1. The van der Waals surface area contributed by atoms with Crippen molar-refractivity contribution < 1.29 is 9.53 Å². The number of carbonyl (C=O) groups excluding carboxylic acids is 1. The molecule has 1 aliphatic heterocycles. The molecule has 0 bridgehead atoms. The Morgan fingerprint density at radius 3 is 2.76 bits per heavy atom. The molecule has 3 rings (SSSR count). The molecule has 0 radical (unpaired) electrons. The summed E-state index contributed by atoms with van der Waals surface area (Å²) in [5, 5.41) is 0.877. The zero-order chi connectivity index (χ0) is 17.8. The standard InChI is InChI=1S/C18H23N3O3S/c1-13(16(22)20-9-5-6-10-20)25-18-19-15-8-4-3-7-14(15)17(23)21(18)11-12-24-2/h3-4,7-8,13H,5-6,9-12H2,1-2H3. The summed E-state index contributed by atoms with van der Waals surface area (Å²) in [6.45, 7) is 4.37. The Kier molecular flexibility index (Phi) is 5.75. The summed E-state index contributed by atoms with van der Waals surface area (Å²) in [5.41, 5.74) is 0.565. The van der Waals surface area contributed by atoms with E-state index in [4.69, 9.17) is 4.74 Å². The average Bonchev–Trinajstić information content (AvgIpc) is 3.15. The molecule has 1 fully saturated rings. The summed E-state index contributed by atoms with van der Waals surface area (Å²) >= 11 is 1.35. The average molecular weight is 361 g/mol. The maximum atomic E-state index is 12.8. The Morgan fingerprint density at radius 2 is 2.04 bits per heavy atom. The predicted molar refractivity (Wildman–Crippen MR) is 99.0 cm³/mol. The van der Waals surface area contributed by atoms with E-state index in [1.165, 1.54) is 11.8 Å². The van der Waals surface area contributed by atoms with Crippen molar-refractivity contribution in [2.45, 2.75) is 36.7 Å². The number of hydrogen-bond donors (Lipinski definition) is 0. The Hall–Kier alpha value is -1.86. The molecule has 0 spiro atoms. The van der Waals surface area contributed by atoms with Crippen LogP contribution in [0.15, 0.2) is 34.2 Å². The molecular formula is C18H23N3O3S. The number of methoxy groups -OCH3 is 1. The van der Waals surface area contributed by atoms with Crippen molar-refractivity contribution >= 4 is 28.6 Å². The largest absolute Gasteiger partial charge is 0.383 e. The molecule has 6 nitrogen and oxygen atoms in total. The van der Waals surface area contributed by atoms with Crippen LogP contribution in [0.3, 0.4) is 0 Å². The molecule has 134 valence electrons. The number of benzene rings is 1. The fourth-order valence-corrected chi connectivity index (χ4v) is 4.04. The second-order valence-electron chi connectivity index (χ2n) is 6.15. The summed E-state index contributed by atoms with van der Waals surface area (Å²) in [6.07, 6.45) is 2.13.